The summed E-state index contributed by atoms with van der Waals surface area (Å²) in [4.78, 5) is 37.0. The van der Waals surface area contributed by atoms with E-state index in [1.807, 2.05) is 48.5 Å². The third-order valence-corrected chi connectivity index (χ3v) is 5.94. The number of benzene rings is 3. The molecule has 0 spiro atoms. The van der Waals surface area contributed by atoms with Crippen LogP contribution < -0.4 is 10.6 Å². The van der Waals surface area contributed by atoms with E-state index < -0.39 is 30.1 Å². The summed E-state index contributed by atoms with van der Waals surface area (Å²) in [6.07, 6.45) is -0.970. The highest BCUT2D eigenvalue weighted by Gasteiger charge is 2.23. The minimum absolute atomic E-state index is 0.158. The van der Waals surface area contributed by atoms with Crippen molar-refractivity contribution in [3.05, 3.63) is 107 Å². The van der Waals surface area contributed by atoms with Gasteiger partial charge in [-0.05, 0) is 37.1 Å². The Hall–Kier alpha value is -4.92. The fourth-order valence-electron chi connectivity index (χ4n) is 3.86. The summed E-state index contributed by atoms with van der Waals surface area (Å²) < 4.78 is 10.9. The number of nitrogens with one attached hydrogen (secondary N) is 2. The molecule has 1 heterocycles. The summed E-state index contributed by atoms with van der Waals surface area (Å²) in [6, 6.07) is 23.7. The number of nitrogens with zero attached hydrogens (tertiary/aromatic N) is 1. The van der Waals surface area contributed by atoms with Gasteiger partial charge >= 0.3 is 12.1 Å². The van der Waals surface area contributed by atoms with Crippen LogP contribution in [-0.4, -0.2) is 34.3 Å². The van der Waals surface area contributed by atoms with Gasteiger partial charge < -0.3 is 19.7 Å². The van der Waals surface area contributed by atoms with Crippen molar-refractivity contribution in [1.29, 1.82) is 0 Å². The molecular formula is C29H27N3O6. The highest BCUT2D eigenvalue weighted by Crippen LogP contribution is 2.31. The largest absolute Gasteiger partial charge is 0.480 e. The molecule has 194 valence electrons. The van der Waals surface area contributed by atoms with Crippen molar-refractivity contribution in [2.24, 2.45) is 0 Å². The summed E-state index contributed by atoms with van der Waals surface area (Å²) in [7, 11) is 0. The van der Waals surface area contributed by atoms with Crippen LogP contribution in [0.1, 0.15) is 40.2 Å². The number of carboxylic acid groups (broad SMARTS) is 1. The van der Waals surface area contributed by atoms with Crippen LogP contribution in [0.2, 0.25) is 0 Å². The van der Waals surface area contributed by atoms with Crippen molar-refractivity contribution < 1.29 is 28.8 Å². The molecule has 0 bridgehead atoms. The molecular weight excluding hydrogens is 486 g/mol. The molecule has 0 aliphatic heterocycles. The second-order valence-electron chi connectivity index (χ2n) is 8.69. The summed E-state index contributed by atoms with van der Waals surface area (Å²) in [5.74, 6) is -1.35. The van der Waals surface area contributed by atoms with Crippen LogP contribution in [-0.2, 0) is 16.0 Å². The Morgan fingerprint density at radius 2 is 1.58 bits per heavy atom. The number of carbonyl (C=O) groups excluding carboxylic acids is 2. The van der Waals surface area contributed by atoms with E-state index >= 15 is 0 Å². The highest BCUT2D eigenvalue weighted by molar-refractivity contribution is 5.97. The third-order valence-electron chi connectivity index (χ3n) is 5.94. The first kappa shape index (κ1) is 26.2. The van der Waals surface area contributed by atoms with E-state index in [1.165, 1.54) is 0 Å². The molecule has 0 fully saturated rings. The van der Waals surface area contributed by atoms with Gasteiger partial charge in [0.15, 0.2) is 5.76 Å². The van der Waals surface area contributed by atoms with E-state index in [-0.39, 0.29) is 12.0 Å². The number of carboxylic acids is 1. The van der Waals surface area contributed by atoms with Gasteiger partial charge in [-0.15, -0.1) is 0 Å². The second kappa shape index (κ2) is 11.9. The maximum absolute atomic E-state index is 12.7. The molecule has 4 aromatic rings. The van der Waals surface area contributed by atoms with Gasteiger partial charge in [-0.25, -0.2) is 9.59 Å². The first-order chi connectivity index (χ1) is 18.3. The van der Waals surface area contributed by atoms with Crippen LogP contribution in [0, 0.1) is 6.92 Å². The number of ether oxygens (including phenoxy) is 1. The molecule has 4 rings (SSSR count). The standard InChI is InChI=1S/C29H27N3O6/c1-18-25(31-29(36)37-19(2)21-11-7-4-8-12-21)26(38-32-18)22-13-15-23(16-14-22)27(33)30-24(28(34)35)17-20-9-5-3-6-10-20/h3-16,19,24H,17H2,1-2H3,(H,30,33)(H,31,36)(H,34,35)/t19-,24?/m1/s1. The molecule has 3 N–H and O–H groups in total. The van der Waals surface area contributed by atoms with Crippen LogP contribution >= 0.6 is 0 Å². The van der Waals surface area contributed by atoms with Gasteiger partial charge in [0.1, 0.15) is 23.5 Å². The maximum atomic E-state index is 12.7. The fraction of sp³-hybridized carbons (Fsp3) is 0.172. The molecule has 9 nitrogen and oxygen atoms in total. The van der Waals surface area contributed by atoms with Gasteiger partial charge in [-0.3, -0.25) is 10.1 Å². The lowest BCUT2D eigenvalue weighted by molar-refractivity contribution is -0.139. The second-order valence-corrected chi connectivity index (χ2v) is 8.69. The lowest BCUT2D eigenvalue weighted by Gasteiger charge is -2.15. The number of hydrogen-bond acceptors (Lipinski definition) is 6. The van der Waals surface area contributed by atoms with Gasteiger partial charge in [-0.2, -0.15) is 0 Å². The van der Waals surface area contributed by atoms with Crippen LogP contribution in [0.15, 0.2) is 89.5 Å². The van der Waals surface area contributed by atoms with Gasteiger partial charge in [0, 0.05) is 17.5 Å². The molecule has 0 saturated heterocycles. The first-order valence-electron chi connectivity index (χ1n) is 12.0. The molecule has 0 aliphatic rings. The Morgan fingerprint density at radius 1 is 0.947 bits per heavy atom. The normalized spacial score (nSPS) is 12.3. The van der Waals surface area contributed by atoms with Gasteiger partial charge in [-0.1, -0.05) is 78.0 Å². The van der Waals surface area contributed by atoms with E-state index in [9.17, 15) is 19.5 Å². The van der Waals surface area contributed by atoms with Crippen LogP contribution in [0.4, 0.5) is 10.5 Å². The maximum Gasteiger partial charge on any atom is 0.412 e. The lowest BCUT2D eigenvalue weighted by atomic mass is 10.0. The predicted molar refractivity (Wildman–Crippen MR) is 141 cm³/mol. The molecule has 38 heavy (non-hydrogen) atoms. The zero-order valence-electron chi connectivity index (χ0n) is 20.9. The predicted octanol–water partition coefficient (Wildman–Crippen LogP) is 5.39. The van der Waals surface area contributed by atoms with Crippen LogP contribution in [0.25, 0.3) is 11.3 Å². The van der Waals surface area contributed by atoms with Crippen molar-refractivity contribution in [1.82, 2.24) is 10.5 Å². The Morgan fingerprint density at radius 3 is 2.21 bits per heavy atom. The van der Waals surface area contributed by atoms with Crippen LogP contribution in [0.5, 0.6) is 0 Å². The number of rotatable bonds is 9. The van der Waals surface area contributed by atoms with Gasteiger partial charge in [0.2, 0.25) is 0 Å². The summed E-state index contributed by atoms with van der Waals surface area (Å²) in [6.45, 7) is 3.46. The molecule has 0 radical (unpaired) electrons. The first-order valence-corrected chi connectivity index (χ1v) is 12.0. The fourth-order valence-corrected chi connectivity index (χ4v) is 3.86. The Balaban J connectivity index is 1.43. The molecule has 1 unspecified atom stereocenters. The Kier molecular flexibility index (Phi) is 8.17. The number of amides is 2. The zero-order valence-corrected chi connectivity index (χ0v) is 20.9. The summed E-state index contributed by atoms with van der Waals surface area (Å²) in [5, 5.41) is 18.8. The quantitative estimate of drug-likeness (QED) is 0.274. The average Bonchev–Trinajstić information content (AvgIpc) is 3.28. The Bertz CT molecular complexity index is 1400. The molecule has 0 saturated carbocycles. The molecule has 1 aromatic heterocycles. The monoisotopic (exact) mass is 513 g/mol. The third kappa shape index (κ3) is 6.44. The minimum Gasteiger partial charge on any atom is -0.480 e. The van der Waals surface area contributed by atoms with E-state index in [1.54, 1.807) is 50.2 Å². The molecule has 3 aromatic carbocycles. The van der Waals surface area contributed by atoms with Crippen molar-refractivity contribution in [3.63, 3.8) is 0 Å². The number of carbonyl (C=O) groups is 3. The SMILES string of the molecule is Cc1noc(-c2ccc(C(=O)NC(Cc3ccccc3)C(=O)O)cc2)c1NC(=O)O[C@H](C)c1ccccc1. The number of anilines is 1. The summed E-state index contributed by atoms with van der Waals surface area (Å²) >= 11 is 0. The van der Waals surface area contributed by atoms with Crippen LogP contribution in [0.3, 0.4) is 0 Å². The van der Waals surface area contributed by atoms with Crippen molar-refractivity contribution in [3.8, 4) is 11.3 Å². The van der Waals surface area contributed by atoms with E-state index in [4.69, 9.17) is 9.26 Å². The molecule has 2 atom stereocenters. The van der Waals surface area contributed by atoms with Crippen molar-refractivity contribution >= 4 is 23.7 Å². The number of aromatic nitrogens is 1. The minimum atomic E-state index is -1.12. The lowest BCUT2D eigenvalue weighted by Crippen LogP contribution is -2.42. The topological polar surface area (TPSA) is 131 Å². The molecule has 9 heteroatoms. The van der Waals surface area contributed by atoms with E-state index in [0.717, 1.165) is 11.1 Å². The number of hydrogen-bond donors (Lipinski definition) is 3. The number of aryl methyl sites for hydroxylation is 1. The van der Waals surface area contributed by atoms with Crippen molar-refractivity contribution in [2.75, 3.05) is 5.32 Å². The van der Waals surface area contributed by atoms with Crippen molar-refractivity contribution in [2.45, 2.75) is 32.4 Å². The molecule has 0 aliphatic carbocycles. The molecule has 2 amide bonds. The van der Waals surface area contributed by atoms with E-state index in [2.05, 4.69) is 15.8 Å². The summed E-state index contributed by atoms with van der Waals surface area (Å²) in [5.41, 5.74) is 3.29. The highest BCUT2D eigenvalue weighted by atomic mass is 16.6. The average molecular weight is 514 g/mol. The van der Waals surface area contributed by atoms with Gasteiger partial charge in [0.05, 0.1) is 0 Å². The Labute approximate surface area is 219 Å². The zero-order chi connectivity index (χ0) is 27.1. The smallest absolute Gasteiger partial charge is 0.412 e. The van der Waals surface area contributed by atoms with Gasteiger partial charge in [0.25, 0.3) is 5.91 Å². The number of aliphatic carboxylic acids is 1. The van der Waals surface area contributed by atoms with E-state index in [0.29, 0.717) is 22.7 Å².